The van der Waals surface area contributed by atoms with Crippen LogP contribution in [0.2, 0.25) is 5.02 Å². The molecule has 0 radical (unpaired) electrons. The summed E-state index contributed by atoms with van der Waals surface area (Å²) in [4.78, 5) is 10.3. The molecule has 0 unspecified atom stereocenters. The van der Waals surface area contributed by atoms with Crippen LogP contribution in [0.1, 0.15) is 5.56 Å². The molecule has 1 heterocycles. The number of anilines is 1. The lowest BCUT2D eigenvalue weighted by Gasteiger charge is -2.19. The molecule has 2 aromatic rings. The lowest BCUT2D eigenvalue weighted by Crippen LogP contribution is -2.19. The Labute approximate surface area is 119 Å². The van der Waals surface area contributed by atoms with Gasteiger partial charge in [0.2, 0.25) is 0 Å². The highest BCUT2D eigenvalue weighted by Gasteiger charge is 2.09. The highest BCUT2D eigenvalue weighted by atomic mass is 127. The Kier molecular flexibility index (Phi) is 4.17. The van der Waals surface area contributed by atoms with Crippen LogP contribution in [0.25, 0.3) is 0 Å². The minimum Gasteiger partial charge on any atom is -0.354 e. The van der Waals surface area contributed by atoms with E-state index < -0.39 is 0 Å². The molecule has 1 aromatic heterocycles. The molecule has 3 nitrogen and oxygen atoms in total. The minimum atomic E-state index is 0.729. The van der Waals surface area contributed by atoms with E-state index in [4.69, 9.17) is 11.6 Å². The summed E-state index contributed by atoms with van der Waals surface area (Å²) in [5.41, 5.74) is 1.09. The van der Waals surface area contributed by atoms with E-state index >= 15 is 0 Å². The average molecular weight is 360 g/mol. The molecule has 1 aromatic carbocycles. The minimum absolute atomic E-state index is 0.729. The van der Waals surface area contributed by atoms with Crippen molar-refractivity contribution in [3.05, 3.63) is 50.9 Å². The third kappa shape index (κ3) is 3.07. The number of hydrogen-bond acceptors (Lipinski definition) is 3. The van der Waals surface area contributed by atoms with Gasteiger partial charge in [0.25, 0.3) is 0 Å². The molecule has 0 bridgehead atoms. The molecule has 0 atom stereocenters. The topological polar surface area (TPSA) is 29.0 Å². The Morgan fingerprint density at radius 3 is 2.82 bits per heavy atom. The number of halogens is 2. The van der Waals surface area contributed by atoms with Gasteiger partial charge in [0.1, 0.15) is 12.1 Å². The average Bonchev–Trinajstić information content (AvgIpc) is 2.32. The Morgan fingerprint density at radius 1 is 1.35 bits per heavy atom. The van der Waals surface area contributed by atoms with Crippen molar-refractivity contribution in [2.75, 3.05) is 11.9 Å². The predicted molar refractivity (Wildman–Crippen MR) is 78.3 cm³/mol. The lowest BCUT2D eigenvalue weighted by molar-refractivity contribution is 0.885. The van der Waals surface area contributed by atoms with Crippen molar-refractivity contribution in [3.63, 3.8) is 0 Å². The first-order valence-corrected chi connectivity index (χ1v) is 6.54. The van der Waals surface area contributed by atoms with E-state index in [0.29, 0.717) is 0 Å². The normalized spacial score (nSPS) is 10.3. The second kappa shape index (κ2) is 5.64. The standard InChI is InChI=1S/C12H11ClIN3/c1-17(12-11(14)6-15-8-16-12)7-9-4-2-3-5-10(9)13/h2-6,8H,7H2,1H3. The van der Waals surface area contributed by atoms with Crippen LogP contribution in [0.4, 0.5) is 5.82 Å². The maximum absolute atomic E-state index is 6.13. The second-order valence-corrected chi connectivity index (χ2v) is 5.21. The monoisotopic (exact) mass is 359 g/mol. The highest BCUT2D eigenvalue weighted by molar-refractivity contribution is 14.1. The predicted octanol–water partition coefficient (Wildman–Crippen LogP) is 3.37. The van der Waals surface area contributed by atoms with Crippen molar-refractivity contribution in [2.45, 2.75) is 6.54 Å². The Balaban J connectivity index is 2.20. The molecule has 0 spiro atoms. The van der Waals surface area contributed by atoms with Crippen LogP contribution >= 0.6 is 34.2 Å². The summed E-state index contributed by atoms with van der Waals surface area (Å²) in [6, 6.07) is 7.84. The number of benzene rings is 1. The van der Waals surface area contributed by atoms with Crippen LogP contribution in [0.3, 0.4) is 0 Å². The zero-order chi connectivity index (χ0) is 12.3. The molecule has 88 valence electrons. The van der Waals surface area contributed by atoms with Crippen LogP contribution in [-0.2, 0) is 6.54 Å². The molecule has 0 fully saturated rings. The van der Waals surface area contributed by atoms with Gasteiger partial charge in [-0.15, -0.1) is 0 Å². The van der Waals surface area contributed by atoms with Crippen LogP contribution < -0.4 is 4.90 Å². The smallest absolute Gasteiger partial charge is 0.145 e. The van der Waals surface area contributed by atoms with Gasteiger partial charge in [-0.3, -0.25) is 0 Å². The fourth-order valence-electron chi connectivity index (χ4n) is 1.54. The van der Waals surface area contributed by atoms with E-state index in [1.165, 1.54) is 0 Å². The van der Waals surface area contributed by atoms with Crippen molar-refractivity contribution < 1.29 is 0 Å². The molecule has 0 amide bonds. The summed E-state index contributed by atoms with van der Waals surface area (Å²) in [6.07, 6.45) is 3.35. The fraction of sp³-hybridized carbons (Fsp3) is 0.167. The van der Waals surface area contributed by atoms with E-state index in [1.54, 1.807) is 12.5 Å². The molecule has 0 aliphatic rings. The van der Waals surface area contributed by atoms with Gasteiger partial charge in [-0.2, -0.15) is 0 Å². The van der Waals surface area contributed by atoms with E-state index in [9.17, 15) is 0 Å². The van der Waals surface area contributed by atoms with Crippen LogP contribution in [-0.4, -0.2) is 17.0 Å². The summed E-state index contributed by atoms with van der Waals surface area (Å²) in [6.45, 7) is 0.729. The Bertz CT molecular complexity index is 519. The van der Waals surface area contributed by atoms with Gasteiger partial charge in [-0.25, -0.2) is 9.97 Å². The number of rotatable bonds is 3. The zero-order valence-corrected chi connectivity index (χ0v) is 12.2. The summed E-state index contributed by atoms with van der Waals surface area (Å²) in [5, 5.41) is 0.781. The zero-order valence-electron chi connectivity index (χ0n) is 9.27. The maximum atomic E-state index is 6.13. The molecule has 17 heavy (non-hydrogen) atoms. The van der Waals surface area contributed by atoms with Crippen LogP contribution in [0.5, 0.6) is 0 Å². The van der Waals surface area contributed by atoms with Crippen molar-refractivity contribution in [1.29, 1.82) is 0 Å². The number of hydrogen-bond donors (Lipinski definition) is 0. The van der Waals surface area contributed by atoms with E-state index in [2.05, 4.69) is 37.5 Å². The SMILES string of the molecule is CN(Cc1ccccc1Cl)c1ncncc1I. The first-order chi connectivity index (χ1) is 8.18. The molecule has 0 saturated carbocycles. The molecular formula is C12H11ClIN3. The van der Waals surface area contributed by atoms with Gasteiger partial charge in [0.15, 0.2) is 0 Å². The van der Waals surface area contributed by atoms with Crippen LogP contribution in [0, 0.1) is 3.57 Å². The van der Waals surface area contributed by atoms with Gasteiger partial charge in [-0.05, 0) is 34.2 Å². The molecule has 0 aliphatic heterocycles. The molecule has 0 aliphatic carbocycles. The van der Waals surface area contributed by atoms with Gasteiger partial charge in [0.05, 0.1) is 3.57 Å². The van der Waals surface area contributed by atoms with Gasteiger partial charge in [-0.1, -0.05) is 29.8 Å². The Hall–Kier alpha value is -0.880. The first-order valence-electron chi connectivity index (χ1n) is 5.08. The Morgan fingerprint density at radius 2 is 2.12 bits per heavy atom. The molecular weight excluding hydrogens is 349 g/mol. The van der Waals surface area contributed by atoms with Crippen molar-refractivity contribution in [3.8, 4) is 0 Å². The quantitative estimate of drug-likeness (QED) is 0.787. The number of aromatic nitrogens is 2. The van der Waals surface area contributed by atoms with Gasteiger partial charge >= 0.3 is 0 Å². The summed E-state index contributed by atoms with van der Waals surface area (Å²) >= 11 is 8.36. The lowest BCUT2D eigenvalue weighted by atomic mass is 10.2. The van der Waals surface area contributed by atoms with Crippen molar-refractivity contribution in [2.24, 2.45) is 0 Å². The van der Waals surface area contributed by atoms with Gasteiger partial charge in [0, 0.05) is 24.8 Å². The maximum Gasteiger partial charge on any atom is 0.145 e. The first kappa shape index (κ1) is 12.6. The largest absolute Gasteiger partial charge is 0.354 e. The second-order valence-electron chi connectivity index (χ2n) is 3.64. The number of nitrogens with zero attached hydrogens (tertiary/aromatic N) is 3. The fourth-order valence-corrected chi connectivity index (χ4v) is 2.45. The van der Waals surface area contributed by atoms with Crippen molar-refractivity contribution in [1.82, 2.24) is 9.97 Å². The third-order valence-corrected chi connectivity index (χ3v) is 3.50. The molecule has 0 saturated heterocycles. The summed E-state index contributed by atoms with van der Waals surface area (Å²) in [7, 11) is 1.99. The van der Waals surface area contributed by atoms with E-state index in [1.807, 2.05) is 31.3 Å². The van der Waals surface area contributed by atoms with Crippen molar-refractivity contribution >= 4 is 40.0 Å². The molecule has 5 heteroatoms. The molecule has 2 rings (SSSR count). The van der Waals surface area contributed by atoms with E-state index in [-0.39, 0.29) is 0 Å². The summed E-state index contributed by atoms with van der Waals surface area (Å²) < 4.78 is 1.03. The van der Waals surface area contributed by atoms with Crippen LogP contribution in [0.15, 0.2) is 36.8 Å². The van der Waals surface area contributed by atoms with Gasteiger partial charge < -0.3 is 4.90 Å². The summed E-state index contributed by atoms with van der Waals surface area (Å²) in [5.74, 6) is 0.917. The van der Waals surface area contributed by atoms with E-state index in [0.717, 1.165) is 26.5 Å². The molecule has 0 N–H and O–H groups in total. The highest BCUT2D eigenvalue weighted by Crippen LogP contribution is 2.21. The third-order valence-electron chi connectivity index (χ3n) is 2.38.